The van der Waals surface area contributed by atoms with Crippen molar-refractivity contribution in [1.29, 1.82) is 0 Å². The Morgan fingerprint density at radius 3 is 2.74 bits per heavy atom. The van der Waals surface area contributed by atoms with Gasteiger partial charge in [-0.1, -0.05) is 35.9 Å². The normalized spacial score (nSPS) is 17.2. The standard InChI is InChI=1S/C17H13Cl2FN2O/c1-9-14(10-5-7-11(18)8-6-10)16(17(23)22-21-9)15-12(19)3-2-4-13(15)20/h2-7,11H,8H2,1H3,(H,22,23). The first kappa shape index (κ1) is 16.0. The largest absolute Gasteiger partial charge is 0.272 e. The molecular weight excluding hydrogens is 338 g/mol. The van der Waals surface area contributed by atoms with Crippen molar-refractivity contribution in [2.75, 3.05) is 0 Å². The summed E-state index contributed by atoms with van der Waals surface area (Å²) in [5.74, 6) is -0.551. The highest BCUT2D eigenvalue weighted by molar-refractivity contribution is 6.33. The summed E-state index contributed by atoms with van der Waals surface area (Å²) in [4.78, 5) is 12.4. The van der Waals surface area contributed by atoms with Crippen molar-refractivity contribution >= 4 is 28.8 Å². The average Bonchev–Trinajstić information content (AvgIpc) is 2.52. The second-order valence-corrected chi connectivity index (χ2v) is 6.22. The van der Waals surface area contributed by atoms with Crippen LogP contribution in [-0.2, 0) is 0 Å². The minimum Gasteiger partial charge on any atom is -0.267 e. The number of nitrogens with one attached hydrogen (secondary N) is 1. The van der Waals surface area contributed by atoms with E-state index in [9.17, 15) is 9.18 Å². The fraction of sp³-hybridized carbons (Fsp3) is 0.176. The molecule has 0 radical (unpaired) electrons. The van der Waals surface area contributed by atoms with Gasteiger partial charge in [-0.2, -0.15) is 5.10 Å². The molecule has 1 heterocycles. The maximum Gasteiger partial charge on any atom is 0.272 e. The lowest BCUT2D eigenvalue weighted by atomic mass is 9.91. The molecule has 23 heavy (non-hydrogen) atoms. The summed E-state index contributed by atoms with van der Waals surface area (Å²) >= 11 is 12.2. The molecule has 1 atom stereocenters. The van der Waals surface area contributed by atoms with Crippen molar-refractivity contribution in [2.24, 2.45) is 0 Å². The van der Waals surface area contributed by atoms with Gasteiger partial charge in [0.2, 0.25) is 0 Å². The zero-order chi connectivity index (χ0) is 16.6. The van der Waals surface area contributed by atoms with Crippen molar-refractivity contribution in [3.8, 4) is 11.1 Å². The lowest BCUT2D eigenvalue weighted by Crippen LogP contribution is -2.17. The van der Waals surface area contributed by atoms with Gasteiger partial charge in [-0.05, 0) is 31.1 Å². The smallest absolute Gasteiger partial charge is 0.267 e. The Morgan fingerprint density at radius 1 is 1.30 bits per heavy atom. The molecule has 1 aromatic heterocycles. The van der Waals surface area contributed by atoms with E-state index in [1.54, 1.807) is 13.0 Å². The van der Waals surface area contributed by atoms with Gasteiger partial charge in [0.1, 0.15) is 5.82 Å². The minimum absolute atomic E-state index is 0.0817. The van der Waals surface area contributed by atoms with E-state index in [1.807, 2.05) is 18.2 Å². The predicted octanol–water partition coefficient (Wildman–Crippen LogP) is 4.49. The molecule has 0 saturated carbocycles. The number of nitrogens with zero attached hydrogens (tertiary/aromatic N) is 1. The number of aryl methyl sites for hydroxylation is 1. The van der Waals surface area contributed by atoms with Gasteiger partial charge in [-0.25, -0.2) is 9.49 Å². The first-order chi connectivity index (χ1) is 11.0. The van der Waals surface area contributed by atoms with Gasteiger partial charge in [-0.15, -0.1) is 11.6 Å². The van der Waals surface area contributed by atoms with E-state index < -0.39 is 11.4 Å². The third-order valence-corrected chi connectivity index (χ3v) is 4.35. The van der Waals surface area contributed by atoms with Crippen LogP contribution in [-0.4, -0.2) is 15.6 Å². The summed E-state index contributed by atoms with van der Waals surface area (Å²) in [6.07, 6.45) is 6.20. The molecule has 1 aliphatic rings. The molecule has 3 nitrogen and oxygen atoms in total. The van der Waals surface area contributed by atoms with Crippen LogP contribution in [0.3, 0.4) is 0 Å². The van der Waals surface area contributed by atoms with Gasteiger partial charge in [0.05, 0.1) is 21.7 Å². The van der Waals surface area contributed by atoms with Gasteiger partial charge in [0.15, 0.2) is 0 Å². The Kier molecular flexibility index (Phi) is 4.37. The van der Waals surface area contributed by atoms with Crippen molar-refractivity contribution in [3.63, 3.8) is 0 Å². The summed E-state index contributed by atoms with van der Waals surface area (Å²) < 4.78 is 14.3. The zero-order valence-corrected chi connectivity index (χ0v) is 13.7. The van der Waals surface area contributed by atoms with E-state index in [2.05, 4.69) is 10.2 Å². The number of aromatic amines is 1. The highest BCUT2D eigenvalue weighted by atomic mass is 35.5. The Labute approximate surface area is 142 Å². The van der Waals surface area contributed by atoms with E-state index in [4.69, 9.17) is 23.2 Å². The van der Waals surface area contributed by atoms with Gasteiger partial charge in [0.25, 0.3) is 5.56 Å². The van der Waals surface area contributed by atoms with Crippen molar-refractivity contribution in [1.82, 2.24) is 10.2 Å². The molecule has 3 rings (SSSR count). The number of benzene rings is 1. The van der Waals surface area contributed by atoms with Crippen LogP contribution in [0, 0.1) is 12.7 Å². The van der Waals surface area contributed by atoms with Gasteiger partial charge < -0.3 is 0 Å². The molecule has 118 valence electrons. The maximum absolute atomic E-state index is 14.3. The van der Waals surface area contributed by atoms with E-state index in [0.29, 0.717) is 17.7 Å². The van der Waals surface area contributed by atoms with Gasteiger partial charge in [-0.3, -0.25) is 4.79 Å². The molecule has 6 heteroatoms. The molecule has 0 saturated heterocycles. The first-order valence-electron chi connectivity index (χ1n) is 7.05. The molecule has 1 unspecified atom stereocenters. The monoisotopic (exact) mass is 350 g/mol. The zero-order valence-electron chi connectivity index (χ0n) is 12.2. The molecule has 0 amide bonds. The molecule has 1 aromatic carbocycles. The third-order valence-electron chi connectivity index (χ3n) is 3.71. The molecule has 0 bridgehead atoms. The van der Waals surface area contributed by atoms with Crippen LogP contribution in [0.5, 0.6) is 0 Å². The molecule has 2 aromatic rings. The predicted molar refractivity (Wildman–Crippen MR) is 91.4 cm³/mol. The topological polar surface area (TPSA) is 45.8 Å². The number of rotatable bonds is 2. The van der Waals surface area contributed by atoms with E-state index in [0.717, 1.165) is 5.57 Å². The molecule has 1 N–H and O–H groups in total. The van der Waals surface area contributed by atoms with Crippen LogP contribution in [0.1, 0.15) is 17.7 Å². The third kappa shape index (κ3) is 2.96. The summed E-state index contributed by atoms with van der Waals surface area (Å²) in [5, 5.41) is 6.50. The average molecular weight is 351 g/mol. The highest BCUT2D eigenvalue weighted by Crippen LogP contribution is 2.36. The van der Waals surface area contributed by atoms with E-state index in [1.165, 1.54) is 12.1 Å². The lowest BCUT2D eigenvalue weighted by molar-refractivity contribution is 0.631. The number of hydrogen-bond donors (Lipinski definition) is 1. The van der Waals surface area contributed by atoms with Crippen LogP contribution in [0.4, 0.5) is 4.39 Å². The number of halogens is 3. The lowest BCUT2D eigenvalue weighted by Gasteiger charge is -2.16. The second-order valence-electron chi connectivity index (χ2n) is 5.26. The van der Waals surface area contributed by atoms with E-state index in [-0.39, 0.29) is 21.5 Å². The van der Waals surface area contributed by atoms with Crippen molar-refractivity contribution in [3.05, 3.63) is 68.9 Å². The number of hydrogen-bond acceptors (Lipinski definition) is 2. The molecule has 0 spiro atoms. The van der Waals surface area contributed by atoms with E-state index >= 15 is 0 Å². The number of allylic oxidation sites excluding steroid dienone is 4. The minimum atomic E-state index is -0.551. The number of aromatic nitrogens is 2. The van der Waals surface area contributed by atoms with Crippen LogP contribution in [0.2, 0.25) is 5.02 Å². The van der Waals surface area contributed by atoms with Gasteiger partial charge >= 0.3 is 0 Å². The van der Waals surface area contributed by atoms with Crippen LogP contribution in [0.25, 0.3) is 16.7 Å². The summed E-state index contributed by atoms with van der Waals surface area (Å²) in [7, 11) is 0. The van der Waals surface area contributed by atoms with Crippen LogP contribution < -0.4 is 5.56 Å². The Hall–Kier alpha value is -1.91. The quantitative estimate of drug-likeness (QED) is 0.811. The second kappa shape index (κ2) is 6.30. The summed E-state index contributed by atoms with van der Waals surface area (Å²) in [6, 6.07) is 4.33. The van der Waals surface area contributed by atoms with Crippen molar-refractivity contribution < 1.29 is 4.39 Å². The molecular formula is C17H13Cl2FN2O. The van der Waals surface area contributed by atoms with Gasteiger partial charge in [0, 0.05) is 11.1 Å². The van der Waals surface area contributed by atoms with Crippen LogP contribution >= 0.6 is 23.2 Å². The number of alkyl halides is 1. The van der Waals surface area contributed by atoms with Crippen LogP contribution in [0.15, 0.2) is 41.2 Å². The molecule has 0 aliphatic heterocycles. The maximum atomic E-state index is 14.3. The fourth-order valence-corrected chi connectivity index (χ4v) is 3.07. The highest BCUT2D eigenvalue weighted by Gasteiger charge is 2.22. The number of H-pyrrole nitrogens is 1. The molecule has 1 aliphatic carbocycles. The molecule has 0 fully saturated rings. The van der Waals surface area contributed by atoms with Crippen molar-refractivity contribution in [2.45, 2.75) is 18.7 Å². The first-order valence-corrected chi connectivity index (χ1v) is 7.87. The Morgan fingerprint density at radius 2 is 2.09 bits per heavy atom. The summed E-state index contributed by atoms with van der Waals surface area (Å²) in [5.41, 5.74) is 1.72. The fourth-order valence-electron chi connectivity index (χ4n) is 2.65. The Bertz CT molecular complexity index is 866. The Balaban J connectivity index is 2.32. The SMILES string of the molecule is Cc1n[nH]c(=O)c(-c2c(F)cccc2Cl)c1C1=CCC(Cl)C=C1. The summed E-state index contributed by atoms with van der Waals surface area (Å²) in [6.45, 7) is 1.75.